The Hall–Kier alpha value is -1.66. The zero-order chi connectivity index (χ0) is 15.4. The highest BCUT2D eigenvalue weighted by atomic mass is 79.9. The molecule has 0 spiro atoms. The molecular weight excluding hydrogens is 344 g/mol. The second-order valence-corrected chi connectivity index (χ2v) is 6.44. The van der Waals surface area contributed by atoms with Gasteiger partial charge in [-0.15, -0.1) is 0 Å². The van der Waals surface area contributed by atoms with Crippen LogP contribution in [0, 0.1) is 5.92 Å². The zero-order valence-corrected chi connectivity index (χ0v) is 13.8. The summed E-state index contributed by atoms with van der Waals surface area (Å²) in [4.78, 5) is 12.1. The standard InChI is InChI=1S/C16H19BrN4O/c17-13-2-1-3-14(10-13)21-9-6-15(20-21)16(22)19-8-5-12-4-7-18-11-12/h1-3,6,9-10,12,18H,4-5,7-8,11H2,(H,19,22). The molecule has 2 aromatic rings. The summed E-state index contributed by atoms with van der Waals surface area (Å²) < 4.78 is 2.69. The van der Waals surface area contributed by atoms with Gasteiger partial charge in [-0.3, -0.25) is 4.79 Å². The van der Waals surface area contributed by atoms with E-state index in [4.69, 9.17) is 0 Å². The van der Waals surface area contributed by atoms with E-state index in [0.29, 0.717) is 18.2 Å². The third kappa shape index (κ3) is 3.75. The monoisotopic (exact) mass is 362 g/mol. The molecule has 1 aliphatic heterocycles. The molecule has 0 bridgehead atoms. The predicted octanol–water partition coefficient (Wildman–Crippen LogP) is 2.36. The summed E-state index contributed by atoms with van der Waals surface area (Å²) in [5.74, 6) is 0.569. The minimum atomic E-state index is -0.111. The number of rotatable bonds is 5. The van der Waals surface area contributed by atoms with E-state index in [-0.39, 0.29) is 5.91 Å². The van der Waals surface area contributed by atoms with Crippen molar-refractivity contribution >= 4 is 21.8 Å². The van der Waals surface area contributed by atoms with Gasteiger partial charge in [0.2, 0.25) is 0 Å². The smallest absolute Gasteiger partial charge is 0.271 e. The summed E-state index contributed by atoms with van der Waals surface area (Å²) in [5, 5.41) is 10.6. The first-order valence-corrected chi connectivity index (χ1v) is 8.32. The third-order valence-corrected chi connectivity index (χ3v) is 4.39. The Morgan fingerprint density at radius 1 is 1.45 bits per heavy atom. The van der Waals surface area contributed by atoms with E-state index in [0.717, 1.165) is 29.7 Å². The fraction of sp³-hybridized carbons (Fsp3) is 0.375. The van der Waals surface area contributed by atoms with Crippen molar-refractivity contribution in [2.75, 3.05) is 19.6 Å². The fourth-order valence-electron chi connectivity index (χ4n) is 2.65. The molecule has 0 aliphatic carbocycles. The molecule has 2 heterocycles. The maximum Gasteiger partial charge on any atom is 0.271 e. The van der Waals surface area contributed by atoms with E-state index in [1.807, 2.05) is 24.3 Å². The molecule has 5 nitrogen and oxygen atoms in total. The largest absolute Gasteiger partial charge is 0.351 e. The average molecular weight is 363 g/mol. The number of nitrogens with zero attached hydrogens (tertiary/aromatic N) is 2. The van der Waals surface area contributed by atoms with E-state index in [1.165, 1.54) is 6.42 Å². The molecule has 1 unspecified atom stereocenters. The summed E-state index contributed by atoms with van der Waals surface area (Å²) in [5.41, 5.74) is 1.37. The molecule has 2 N–H and O–H groups in total. The molecular formula is C16H19BrN4O. The lowest BCUT2D eigenvalue weighted by atomic mass is 10.1. The van der Waals surface area contributed by atoms with Gasteiger partial charge in [0, 0.05) is 17.2 Å². The number of nitrogens with one attached hydrogen (secondary N) is 2. The Kier molecular flexibility index (Phi) is 4.90. The van der Waals surface area contributed by atoms with Crippen LogP contribution in [0.2, 0.25) is 0 Å². The molecule has 1 saturated heterocycles. The van der Waals surface area contributed by atoms with Crippen LogP contribution in [0.15, 0.2) is 41.0 Å². The topological polar surface area (TPSA) is 59.0 Å². The number of aromatic nitrogens is 2. The Labute approximate surface area is 138 Å². The van der Waals surface area contributed by atoms with Gasteiger partial charge in [0.05, 0.1) is 5.69 Å². The molecule has 3 rings (SSSR count). The van der Waals surface area contributed by atoms with Crippen molar-refractivity contribution < 1.29 is 4.79 Å². The third-order valence-electron chi connectivity index (χ3n) is 3.89. The van der Waals surface area contributed by atoms with Crippen LogP contribution in [0.4, 0.5) is 0 Å². The highest BCUT2D eigenvalue weighted by Crippen LogP contribution is 2.15. The first-order chi connectivity index (χ1) is 10.7. The van der Waals surface area contributed by atoms with Gasteiger partial charge in [-0.05, 0) is 56.1 Å². The number of carbonyl (C=O) groups is 1. The van der Waals surface area contributed by atoms with Crippen LogP contribution in [0.25, 0.3) is 5.69 Å². The zero-order valence-electron chi connectivity index (χ0n) is 12.3. The van der Waals surface area contributed by atoms with Crippen LogP contribution in [0.1, 0.15) is 23.3 Å². The molecule has 1 fully saturated rings. The number of amides is 1. The minimum Gasteiger partial charge on any atom is -0.351 e. The van der Waals surface area contributed by atoms with Gasteiger partial charge in [-0.2, -0.15) is 5.10 Å². The van der Waals surface area contributed by atoms with Crippen molar-refractivity contribution in [2.24, 2.45) is 5.92 Å². The van der Waals surface area contributed by atoms with Gasteiger partial charge in [-0.25, -0.2) is 4.68 Å². The van der Waals surface area contributed by atoms with Crippen LogP contribution in [-0.2, 0) is 0 Å². The van der Waals surface area contributed by atoms with E-state index in [9.17, 15) is 4.79 Å². The molecule has 1 aliphatic rings. The van der Waals surface area contributed by atoms with Gasteiger partial charge in [0.25, 0.3) is 5.91 Å². The van der Waals surface area contributed by atoms with Gasteiger partial charge >= 0.3 is 0 Å². The Morgan fingerprint density at radius 3 is 3.14 bits per heavy atom. The number of benzene rings is 1. The van der Waals surface area contributed by atoms with Crippen molar-refractivity contribution in [1.29, 1.82) is 0 Å². The summed E-state index contributed by atoms with van der Waals surface area (Å²) in [6, 6.07) is 9.55. The van der Waals surface area contributed by atoms with Crippen LogP contribution in [0.5, 0.6) is 0 Å². The maximum absolute atomic E-state index is 12.1. The van der Waals surface area contributed by atoms with Gasteiger partial charge in [0.1, 0.15) is 0 Å². The summed E-state index contributed by atoms with van der Waals surface area (Å²) in [7, 11) is 0. The van der Waals surface area contributed by atoms with Crippen LogP contribution >= 0.6 is 15.9 Å². The first kappa shape index (κ1) is 15.2. The van der Waals surface area contributed by atoms with E-state index < -0.39 is 0 Å². The summed E-state index contributed by atoms with van der Waals surface area (Å²) in [6.07, 6.45) is 4.02. The highest BCUT2D eigenvalue weighted by molar-refractivity contribution is 9.10. The van der Waals surface area contributed by atoms with Crippen LogP contribution < -0.4 is 10.6 Å². The first-order valence-electron chi connectivity index (χ1n) is 7.53. The van der Waals surface area contributed by atoms with E-state index in [1.54, 1.807) is 16.9 Å². The number of halogens is 1. The molecule has 0 radical (unpaired) electrons. The number of hydrogen-bond acceptors (Lipinski definition) is 3. The molecule has 1 aromatic carbocycles. The highest BCUT2D eigenvalue weighted by Gasteiger charge is 2.15. The summed E-state index contributed by atoms with van der Waals surface area (Å²) >= 11 is 3.44. The Balaban J connectivity index is 1.57. The average Bonchev–Trinajstić information content (AvgIpc) is 3.19. The second-order valence-electron chi connectivity index (χ2n) is 5.53. The maximum atomic E-state index is 12.1. The Bertz CT molecular complexity index is 649. The predicted molar refractivity (Wildman–Crippen MR) is 89.2 cm³/mol. The van der Waals surface area contributed by atoms with E-state index in [2.05, 4.69) is 31.7 Å². The van der Waals surface area contributed by atoms with Crippen molar-refractivity contribution in [3.8, 4) is 5.69 Å². The van der Waals surface area contributed by atoms with Crippen molar-refractivity contribution in [3.05, 3.63) is 46.7 Å². The van der Waals surface area contributed by atoms with E-state index >= 15 is 0 Å². The minimum absolute atomic E-state index is 0.111. The normalized spacial score (nSPS) is 17.6. The summed E-state index contributed by atoms with van der Waals surface area (Å²) in [6.45, 7) is 2.86. The number of carbonyl (C=O) groups excluding carboxylic acids is 1. The lowest BCUT2D eigenvalue weighted by molar-refractivity contribution is 0.0946. The number of hydrogen-bond donors (Lipinski definition) is 2. The molecule has 6 heteroatoms. The van der Waals surface area contributed by atoms with Crippen LogP contribution in [-0.4, -0.2) is 35.3 Å². The van der Waals surface area contributed by atoms with Gasteiger partial charge in [0.15, 0.2) is 5.69 Å². The molecule has 22 heavy (non-hydrogen) atoms. The SMILES string of the molecule is O=C(NCCC1CCNC1)c1ccn(-c2cccc(Br)c2)n1. The van der Waals surface area contributed by atoms with Crippen molar-refractivity contribution in [3.63, 3.8) is 0 Å². The molecule has 1 amide bonds. The lowest BCUT2D eigenvalue weighted by Crippen LogP contribution is -2.26. The quantitative estimate of drug-likeness (QED) is 0.858. The van der Waals surface area contributed by atoms with Crippen molar-refractivity contribution in [2.45, 2.75) is 12.8 Å². The molecule has 1 atom stereocenters. The van der Waals surface area contributed by atoms with Gasteiger partial charge in [-0.1, -0.05) is 22.0 Å². The second kappa shape index (κ2) is 7.07. The van der Waals surface area contributed by atoms with Crippen LogP contribution in [0.3, 0.4) is 0 Å². The lowest BCUT2D eigenvalue weighted by Gasteiger charge is -2.08. The molecule has 0 saturated carbocycles. The Morgan fingerprint density at radius 2 is 2.36 bits per heavy atom. The molecule has 116 valence electrons. The van der Waals surface area contributed by atoms with Gasteiger partial charge < -0.3 is 10.6 Å². The molecule has 1 aromatic heterocycles. The fourth-order valence-corrected chi connectivity index (χ4v) is 3.04. The van der Waals surface area contributed by atoms with Crippen molar-refractivity contribution in [1.82, 2.24) is 20.4 Å².